The minimum atomic E-state index is -0.00195. The predicted molar refractivity (Wildman–Crippen MR) is 74.2 cm³/mol. The topological polar surface area (TPSA) is 78.4 Å². The third kappa shape index (κ3) is 4.48. The van der Waals surface area contributed by atoms with Crippen LogP contribution >= 0.6 is 0 Å². The first-order valence-corrected chi connectivity index (χ1v) is 7.08. The number of hydrogen-bond donors (Lipinski definition) is 1. The van der Waals surface area contributed by atoms with Gasteiger partial charge in [-0.1, -0.05) is 0 Å². The molecule has 20 heavy (non-hydrogen) atoms. The second-order valence-corrected chi connectivity index (χ2v) is 4.87. The zero-order chi connectivity index (χ0) is 14.4. The number of nitrogens with zero attached hydrogens (tertiary/aromatic N) is 3. The van der Waals surface area contributed by atoms with Gasteiger partial charge < -0.3 is 19.5 Å². The van der Waals surface area contributed by atoms with Crippen molar-refractivity contribution in [2.24, 2.45) is 0 Å². The SMILES string of the molecule is CCNc1nc(OCC2CCCO2)nc(OC(C)C)n1. The molecule has 0 radical (unpaired) electrons. The third-order valence-corrected chi connectivity index (χ3v) is 2.69. The highest BCUT2D eigenvalue weighted by atomic mass is 16.5. The summed E-state index contributed by atoms with van der Waals surface area (Å²) in [7, 11) is 0. The lowest BCUT2D eigenvalue weighted by atomic mass is 10.2. The number of aromatic nitrogens is 3. The summed E-state index contributed by atoms with van der Waals surface area (Å²) in [5.74, 6) is 0.459. The standard InChI is InChI=1S/C13H22N4O3/c1-4-14-11-15-12(17-13(16-11)20-9(2)3)19-8-10-6-5-7-18-10/h9-10H,4-8H2,1-3H3,(H,14,15,16,17). The summed E-state index contributed by atoms with van der Waals surface area (Å²) in [4.78, 5) is 12.5. The van der Waals surface area contributed by atoms with E-state index in [9.17, 15) is 0 Å². The lowest BCUT2D eigenvalue weighted by molar-refractivity contribution is 0.0639. The Morgan fingerprint density at radius 3 is 2.75 bits per heavy atom. The predicted octanol–water partition coefficient (Wildman–Crippen LogP) is 1.65. The molecule has 0 spiro atoms. The van der Waals surface area contributed by atoms with Crippen LogP contribution in [0.2, 0.25) is 0 Å². The number of hydrogen-bond acceptors (Lipinski definition) is 7. The van der Waals surface area contributed by atoms with Crippen molar-refractivity contribution in [2.75, 3.05) is 25.1 Å². The molecule has 1 aliphatic rings. The van der Waals surface area contributed by atoms with Crippen LogP contribution in [0.25, 0.3) is 0 Å². The van der Waals surface area contributed by atoms with E-state index >= 15 is 0 Å². The molecule has 0 aromatic carbocycles. The van der Waals surface area contributed by atoms with E-state index in [0.717, 1.165) is 26.0 Å². The van der Waals surface area contributed by atoms with Crippen LogP contribution in [0.1, 0.15) is 33.6 Å². The van der Waals surface area contributed by atoms with Crippen molar-refractivity contribution >= 4 is 5.95 Å². The smallest absolute Gasteiger partial charge is 0.324 e. The van der Waals surface area contributed by atoms with Crippen LogP contribution < -0.4 is 14.8 Å². The van der Waals surface area contributed by atoms with Crippen LogP contribution in [-0.2, 0) is 4.74 Å². The summed E-state index contributed by atoms with van der Waals surface area (Å²) in [6, 6.07) is 0.537. The first-order chi connectivity index (χ1) is 9.67. The Balaban J connectivity index is 2.02. The molecule has 1 saturated heterocycles. The maximum Gasteiger partial charge on any atom is 0.324 e. The van der Waals surface area contributed by atoms with Crippen LogP contribution in [0.5, 0.6) is 12.0 Å². The lowest BCUT2D eigenvalue weighted by Crippen LogP contribution is -2.18. The molecule has 1 unspecified atom stereocenters. The second-order valence-electron chi connectivity index (χ2n) is 4.87. The molecule has 7 nitrogen and oxygen atoms in total. The maximum atomic E-state index is 5.59. The van der Waals surface area contributed by atoms with Gasteiger partial charge in [0.15, 0.2) is 0 Å². The van der Waals surface area contributed by atoms with Gasteiger partial charge in [-0.25, -0.2) is 0 Å². The molecule has 2 heterocycles. The van der Waals surface area contributed by atoms with E-state index in [1.165, 1.54) is 0 Å². The van der Waals surface area contributed by atoms with E-state index < -0.39 is 0 Å². The number of anilines is 1. The van der Waals surface area contributed by atoms with Crippen molar-refractivity contribution in [3.05, 3.63) is 0 Å². The summed E-state index contributed by atoms with van der Waals surface area (Å²) in [6.07, 6.45) is 2.22. The van der Waals surface area contributed by atoms with Gasteiger partial charge >= 0.3 is 12.0 Å². The molecule has 112 valence electrons. The largest absolute Gasteiger partial charge is 0.461 e. The molecule has 1 N–H and O–H groups in total. The second kappa shape index (κ2) is 7.23. The van der Waals surface area contributed by atoms with Crippen molar-refractivity contribution < 1.29 is 14.2 Å². The van der Waals surface area contributed by atoms with Crippen molar-refractivity contribution in [3.8, 4) is 12.0 Å². The van der Waals surface area contributed by atoms with E-state index in [-0.39, 0.29) is 24.2 Å². The molecule has 0 bridgehead atoms. The van der Waals surface area contributed by atoms with Crippen LogP contribution in [0.4, 0.5) is 5.95 Å². The minimum Gasteiger partial charge on any atom is -0.461 e. The highest BCUT2D eigenvalue weighted by molar-refractivity contribution is 5.27. The molecule has 1 fully saturated rings. The fourth-order valence-corrected chi connectivity index (χ4v) is 1.85. The summed E-state index contributed by atoms with van der Waals surface area (Å²) < 4.78 is 16.6. The Labute approximate surface area is 119 Å². The summed E-state index contributed by atoms with van der Waals surface area (Å²) in [5, 5.41) is 3.04. The molecule has 7 heteroatoms. The number of nitrogens with one attached hydrogen (secondary N) is 1. The molecular weight excluding hydrogens is 260 g/mol. The Morgan fingerprint density at radius 1 is 1.30 bits per heavy atom. The zero-order valence-electron chi connectivity index (χ0n) is 12.3. The van der Waals surface area contributed by atoms with Gasteiger partial charge in [0.25, 0.3) is 0 Å². The molecule has 0 aliphatic carbocycles. The van der Waals surface area contributed by atoms with Crippen molar-refractivity contribution in [1.29, 1.82) is 0 Å². The van der Waals surface area contributed by atoms with Crippen LogP contribution in [0.15, 0.2) is 0 Å². The molecule has 1 aliphatic heterocycles. The summed E-state index contributed by atoms with van der Waals surface area (Å²) in [5.41, 5.74) is 0. The zero-order valence-corrected chi connectivity index (χ0v) is 12.3. The van der Waals surface area contributed by atoms with Gasteiger partial charge in [-0.05, 0) is 33.6 Å². The normalized spacial score (nSPS) is 18.3. The minimum absolute atomic E-state index is 0.00195. The lowest BCUT2D eigenvalue weighted by Gasteiger charge is -2.13. The molecule has 0 saturated carbocycles. The van der Waals surface area contributed by atoms with E-state index in [2.05, 4.69) is 20.3 Å². The molecule has 1 aromatic rings. The Bertz CT molecular complexity index is 422. The van der Waals surface area contributed by atoms with Crippen molar-refractivity contribution in [2.45, 2.75) is 45.8 Å². The van der Waals surface area contributed by atoms with Gasteiger partial charge in [0.2, 0.25) is 5.95 Å². The Kier molecular flexibility index (Phi) is 5.34. The quantitative estimate of drug-likeness (QED) is 0.814. The highest BCUT2D eigenvalue weighted by Gasteiger charge is 2.17. The Morgan fingerprint density at radius 2 is 2.10 bits per heavy atom. The Hall–Kier alpha value is -1.63. The number of ether oxygens (including phenoxy) is 3. The number of rotatable bonds is 7. The molecule has 0 amide bonds. The average molecular weight is 282 g/mol. The molecule has 1 aromatic heterocycles. The first kappa shape index (κ1) is 14.8. The van der Waals surface area contributed by atoms with Crippen LogP contribution in [0.3, 0.4) is 0 Å². The summed E-state index contributed by atoms with van der Waals surface area (Å²) in [6.45, 7) is 7.79. The third-order valence-electron chi connectivity index (χ3n) is 2.69. The van der Waals surface area contributed by atoms with E-state index in [1.807, 2.05) is 20.8 Å². The fourth-order valence-electron chi connectivity index (χ4n) is 1.85. The highest BCUT2D eigenvalue weighted by Crippen LogP contribution is 2.17. The van der Waals surface area contributed by atoms with Gasteiger partial charge in [0.05, 0.1) is 12.2 Å². The molecule has 2 rings (SSSR count). The van der Waals surface area contributed by atoms with Gasteiger partial charge in [0, 0.05) is 13.2 Å². The molecule has 1 atom stereocenters. The van der Waals surface area contributed by atoms with E-state index in [0.29, 0.717) is 12.6 Å². The maximum absolute atomic E-state index is 5.59. The average Bonchev–Trinajstić information content (AvgIpc) is 2.89. The monoisotopic (exact) mass is 282 g/mol. The van der Waals surface area contributed by atoms with Gasteiger partial charge in [-0.15, -0.1) is 4.98 Å². The van der Waals surface area contributed by atoms with Gasteiger partial charge in [-0.2, -0.15) is 9.97 Å². The van der Waals surface area contributed by atoms with Crippen molar-refractivity contribution in [3.63, 3.8) is 0 Å². The van der Waals surface area contributed by atoms with Crippen LogP contribution in [0, 0.1) is 0 Å². The summed E-state index contributed by atoms with van der Waals surface area (Å²) >= 11 is 0. The van der Waals surface area contributed by atoms with Gasteiger partial charge in [0.1, 0.15) is 6.61 Å². The van der Waals surface area contributed by atoms with E-state index in [4.69, 9.17) is 14.2 Å². The molecular formula is C13H22N4O3. The van der Waals surface area contributed by atoms with Crippen LogP contribution in [-0.4, -0.2) is 46.9 Å². The first-order valence-electron chi connectivity index (χ1n) is 7.08. The van der Waals surface area contributed by atoms with E-state index in [1.54, 1.807) is 0 Å². The van der Waals surface area contributed by atoms with Crippen molar-refractivity contribution in [1.82, 2.24) is 15.0 Å². The van der Waals surface area contributed by atoms with Gasteiger partial charge in [-0.3, -0.25) is 0 Å². The fraction of sp³-hybridized carbons (Fsp3) is 0.769.